The summed E-state index contributed by atoms with van der Waals surface area (Å²) in [5, 5.41) is 4.28. The molecule has 0 bridgehead atoms. The number of ether oxygens (including phenoxy) is 2. The molecule has 0 saturated heterocycles. The molecule has 3 aromatic rings. The highest BCUT2D eigenvalue weighted by molar-refractivity contribution is 6.34. The fourth-order valence-corrected chi connectivity index (χ4v) is 2.95. The number of H-pyrrole nitrogens is 1. The van der Waals surface area contributed by atoms with Crippen LogP contribution < -0.4 is 14.8 Å². The van der Waals surface area contributed by atoms with Crippen molar-refractivity contribution in [3.8, 4) is 23.0 Å². The quantitative estimate of drug-likeness (QED) is 0.751. The van der Waals surface area contributed by atoms with Crippen molar-refractivity contribution in [3.63, 3.8) is 0 Å². The number of aromatic amines is 1. The third-order valence-electron chi connectivity index (χ3n) is 3.84. The number of benzene rings is 1. The number of aromatic nitrogens is 3. The van der Waals surface area contributed by atoms with Crippen molar-refractivity contribution >= 4 is 28.4 Å². The van der Waals surface area contributed by atoms with Gasteiger partial charge >= 0.3 is 0 Å². The largest absolute Gasteiger partial charge is 0.470 e. The highest BCUT2D eigenvalue weighted by atomic mass is 35.5. The minimum Gasteiger partial charge on any atom is -0.470 e. The molecule has 128 valence electrons. The molecule has 8 heteroatoms. The molecule has 2 N–H and O–H groups in total. The molecule has 0 saturated carbocycles. The Morgan fingerprint density at radius 3 is 2.88 bits per heavy atom. The molecule has 2 aromatic heterocycles. The van der Waals surface area contributed by atoms with Gasteiger partial charge in [0.15, 0.2) is 0 Å². The molecule has 7 nitrogen and oxygen atoms in total. The molecule has 3 heterocycles. The molecule has 4 rings (SSSR count). The van der Waals surface area contributed by atoms with Crippen molar-refractivity contribution in [2.45, 2.75) is 13.5 Å². The van der Waals surface area contributed by atoms with E-state index in [9.17, 15) is 4.79 Å². The average molecular weight is 359 g/mol. The highest BCUT2D eigenvalue weighted by Crippen LogP contribution is 2.34. The number of nitrogens with zero attached hydrogens (tertiary/aromatic N) is 2. The number of carbonyl (C=O) groups is 1. The summed E-state index contributed by atoms with van der Waals surface area (Å²) in [6, 6.07) is 5.73. The van der Waals surface area contributed by atoms with E-state index in [4.69, 9.17) is 21.1 Å². The van der Waals surface area contributed by atoms with Crippen LogP contribution in [0.3, 0.4) is 0 Å². The lowest BCUT2D eigenvalue weighted by Crippen LogP contribution is -2.18. The highest BCUT2D eigenvalue weighted by Gasteiger charge is 2.17. The fourth-order valence-electron chi connectivity index (χ4n) is 2.68. The van der Waals surface area contributed by atoms with Crippen LogP contribution in [0.15, 0.2) is 24.4 Å². The lowest BCUT2D eigenvalue weighted by atomic mass is 10.1. The van der Waals surface area contributed by atoms with Crippen LogP contribution in [0.25, 0.3) is 22.2 Å². The molecular formula is C17H15ClN4O3. The van der Waals surface area contributed by atoms with E-state index < -0.39 is 0 Å². The number of hydrogen-bond acceptors (Lipinski definition) is 5. The minimum absolute atomic E-state index is 0.0797. The van der Waals surface area contributed by atoms with Gasteiger partial charge in [0.05, 0.1) is 23.5 Å². The van der Waals surface area contributed by atoms with Gasteiger partial charge < -0.3 is 19.8 Å². The van der Waals surface area contributed by atoms with Crippen LogP contribution in [0, 0.1) is 0 Å². The van der Waals surface area contributed by atoms with Crippen molar-refractivity contribution < 1.29 is 14.3 Å². The van der Waals surface area contributed by atoms with E-state index in [0.29, 0.717) is 42.2 Å². The van der Waals surface area contributed by atoms with Crippen LogP contribution in [0.1, 0.15) is 12.6 Å². The standard InChI is InChI=1S/C17H15ClN4O3/c1-9(23)19-7-11-4-10-5-13(18)12(6-14(10)21-11)15-8-20-16-17(22-15)25-3-2-24-16/h4-6,8,21H,2-3,7H2,1H3,(H,19,23). The zero-order valence-corrected chi connectivity index (χ0v) is 14.2. The summed E-state index contributed by atoms with van der Waals surface area (Å²) in [5.74, 6) is 0.686. The Labute approximate surface area is 148 Å². The van der Waals surface area contributed by atoms with Gasteiger partial charge in [-0.2, -0.15) is 0 Å². The van der Waals surface area contributed by atoms with E-state index in [1.807, 2.05) is 18.2 Å². The predicted molar refractivity (Wildman–Crippen MR) is 92.8 cm³/mol. The molecule has 0 radical (unpaired) electrons. The summed E-state index contributed by atoms with van der Waals surface area (Å²) in [7, 11) is 0. The van der Waals surface area contributed by atoms with Gasteiger partial charge in [0.1, 0.15) is 13.2 Å². The summed E-state index contributed by atoms with van der Waals surface area (Å²) >= 11 is 6.43. The average Bonchev–Trinajstić information content (AvgIpc) is 3.00. The third-order valence-corrected chi connectivity index (χ3v) is 4.15. The topological polar surface area (TPSA) is 89.1 Å². The van der Waals surface area contributed by atoms with Crippen molar-refractivity contribution in [1.29, 1.82) is 0 Å². The molecule has 1 aromatic carbocycles. The number of hydrogen-bond donors (Lipinski definition) is 2. The molecule has 0 aliphatic carbocycles. The number of rotatable bonds is 3. The van der Waals surface area contributed by atoms with E-state index >= 15 is 0 Å². The van der Waals surface area contributed by atoms with Crippen LogP contribution in [0.2, 0.25) is 5.02 Å². The van der Waals surface area contributed by atoms with Gasteiger partial charge in [-0.15, -0.1) is 0 Å². The first-order chi connectivity index (χ1) is 12.1. The van der Waals surface area contributed by atoms with E-state index in [0.717, 1.165) is 22.2 Å². The summed E-state index contributed by atoms with van der Waals surface area (Å²) in [5.41, 5.74) is 3.14. The van der Waals surface area contributed by atoms with Gasteiger partial charge in [-0.25, -0.2) is 9.97 Å². The summed E-state index contributed by atoms with van der Waals surface area (Å²) in [6.45, 7) is 2.83. The Balaban J connectivity index is 1.72. The second kappa shape index (κ2) is 6.25. The van der Waals surface area contributed by atoms with Crippen LogP contribution in [0.5, 0.6) is 11.8 Å². The Morgan fingerprint density at radius 1 is 1.28 bits per heavy atom. The maximum Gasteiger partial charge on any atom is 0.278 e. The van der Waals surface area contributed by atoms with Gasteiger partial charge in [-0.3, -0.25) is 4.79 Å². The van der Waals surface area contributed by atoms with Gasteiger partial charge in [-0.05, 0) is 18.2 Å². The van der Waals surface area contributed by atoms with Crippen LogP contribution in [-0.4, -0.2) is 34.1 Å². The van der Waals surface area contributed by atoms with Gasteiger partial charge in [0.2, 0.25) is 5.91 Å². The fraction of sp³-hybridized carbons (Fsp3) is 0.235. The molecule has 0 atom stereocenters. The van der Waals surface area contributed by atoms with Gasteiger partial charge in [0, 0.05) is 29.1 Å². The first-order valence-electron chi connectivity index (χ1n) is 7.79. The molecule has 0 spiro atoms. The normalized spacial score (nSPS) is 13.0. The van der Waals surface area contributed by atoms with E-state index in [1.165, 1.54) is 6.92 Å². The Kier molecular flexibility index (Phi) is 3.93. The minimum atomic E-state index is -0.0797. The monoisotopic (exact) mass is 358 g/mol. The zero-order valence-electron chi connectivity index (χ0n) is 13.4. The van der Waals surface area contributed by atoms with E-state index in [2.05, 4.69) is 20.3 Å². The lowest BCUT2D eigenvalue weighted by molar-refractivity contribution is -0.119. The van der Waals surface area contributed by atoms with E-state index in [1.54, 1.807) is 6.20 Å². The molecule has 0 unspecified atom stereocenters. The van der Waals surface area contributed by atoms with Gasteiger partial charge in [0.25, 0.3) is 11.8 Å². The number of nitrogens with one attached hydrogen (secondary N) is 2. The van der Waals surface area contributed by atoms with Crippen LogP contribution in [-0.2, 0) is 11.3 Å². The second-order valence-corrected chi connectivity index (χ2v) is 6.09. The van der Waals surface area contributed by atoms with Crippen molar-refractivity contribution in [1.82, 2.24) is 20.3 Å². The summed E-state index contributed by atoms with van der Waals surface area (Å²) in [6.07, 6.45) is 1.61. The zero-order chi connectivity index (χ0) is 17.4. The number of amides is 1. The number of halogens is 1. The molecule has 1 aliphatic rings. The van der Waals surface area contributed by atoms with Crippen LogP contribution >= 0.6 is 11.6 Å². The molecule has 1 amide bonds. The number of carbonyl (C=O) groups excluding carboxylic acids is 1. The maximum absolute atomic E-state index is 11.1. The Morgan fingerprint density at radius 2 is 2.08 bits per heavy atom. The smallest absolute Gasteiger partial charge is 0.278 e. The Hall–Kier alpha value is -2.80. The van der Waals surface area contributed by atoms with Crippen molar-refractivity contribution in [3.05, 3.63) is 35.1 Å². The maximum atomic E-state index is 11.1. The van der Waals surface area contributed by atoms with E-state index in [-0.39, 0.29) is 5.91 Å². The molecule has 25 heavy (non-hydrogen) atoms. The van der Waals surface area contributed by atoms with Crippen molar-refractivity contribution in [2.24, 2.45) is 0 Å². The number of fused-ring (bicyclic) bond motifs is 2. The molecule has 0 fully saturated rings. The first kappa shape index (κ1) is 15.7. The second-order valence-electron chi connectivity index (χ2n) is 5.69. The third kappa shape index (κ3) is 3.10. The SMILES string of the molecule is CC(=O)NCc1cc2cc(Cl)c(-c3cnc4c(n3)OCCO4)cc2[nH]1. The van der Waals surface area contributed by atoms with Crippen LogP contribution in [0.4, 0.5) is 0 Å². The first-order valence-corrected chi connectivity index (χ1v) is 8.16. The molecule has 1 aliphatic heterocycles. The van der Waals surface area contributed by atoms with Gasteiger partial charge in [-0.1, -0.05) is 11.6 Å². The lowest BCUT2D eigenvalue weighted by Gasteiger charge is -2.16. The summed E-state index contributed by atoms with van der Waals surface area (Å²) < 4.78 is 10.9. The predicted octanol–water partition coefficient (Wildman–Crippen LogP) is 2.69. The van der Waals surface area contributed by atoms with Crippen molar-refractivity contribution in [2.75, 3.05) is 13.2 Å². The Bertz CT molecular complexity index is 970. The molecular weight excluding hydrogens is 344 g/mol. The summed E-state index contributed by atoms with van der Waals surface area (Å²) in [4.78, 5) is 23.0.